The van der Waals surface area contributed by atoms with E-state index in [0.717, 1.165) is 51.4 Å². The van der Waals surface area contributed by atoms with E-state index >= 15 is 0 Å². The molecule has 0 amide bonds. The molecule has 0 aliphatic rings. The normalized spacial score (nSPS) is 14.5. The molecule has 0 aromatic carbocycles. The van der Waals surface area contributed by atoms with Crippen molar-refractivity contribution in [3.8, 4) is 0 Å². The lowest BCUT2D eigenvalue weighted by Gasteiger charge is -2.24. The van der Waals surface area contributed by atoms with Gasteiger partial charge in [-0.25, -0.2) is 8.37 Å². The number of carbonyl (C=O) groups is 1. The van der Waals surface area contributed by atoms with Crippen LogP contribution in [0.2, 0.25) is 0 Å². The third-order valence-electron chi connectivity index (χ3n) is 4.63. The summed E-state index contributed by atoms with van der Waals surface area (Å²) in [5, 5.41) is 8.58. The standard InChI is InChI=1S/C18H36O10S2/c1-2-3-4-10-13-16(27-29(21,22)23)17(28-30(24,25)26)14-11-8-6-5-7-9-12-15-18(19)20/h16-17H,2-15H2,1H3,(H,19,20)(H,21,22,23)(H,24,25,26). The van der Waals surface area contributed by atoms with Gasteiger partial charge in [0.15, 0.2) is 0 Å². The van der Waals surface area contributed by atoms with Crippen LogP contribution >= 0.6 is 0 Å². The van der Waals surface area contributed by atoms with Crippen molar-refractivity contribution in [2.45, 2.75) is 109 Å². The predicted octanol–water partition coefficient (Wildman–Crippen LogP) is 3.93. The Morgan fingerprint density at radius 1 is 0.700 bits per heavy atom. The molecule has 2 unspecified atom stereocenters. The van der Waals surface area contributed by atoms with Crippen molar-refractivity contribution in [3.05, 3.63) is 0 Å². The molecule has 2 atom stereocenters. The highest BCUT2D eigenvalue weighted by molar-refractivity contribution is 7.81. The van der Waals surface area contributed by atoms with Crippen molar-refractivity contribution in [3.63, 3.8) is 0 Å². The molecule has 30 heavy (non-hydrogen) atoms. The zero-order chi connectivity index (χ0) is 23.0. The van der Waals surface area contributed by atoms with Crippen molar-refractivity contribution in [1.82, 2.24) is 0 Å². The second kappa shape index (κ2) is 15.9. The van der Waals surface area contributed by atoms with E-state index in [2.05, 4.69) is 8.37 Å². The van der Waals surface area contributed by atoms with Gasteiger partial charge in [-0.05, 0) is 19.3 Å². The van der Waals surface area contributed by atoms with E-state index in [1.54, 1.807) is 0 Å². The van der Waals surface area contributed by atoms with Crippen molar-refractivity contribution < 1.29 is 44.2 Å². The third kappa shape index (κ3) is 19.2. The summed E-state index contributed by atoms with van der Waals surface area (Å²) in [6.45, 7) is 2.00. The molecule has 10 nitrogen and oxygen atoms in total. The van der Waals surface area contributed by atoms with Gasteiger partial charge in [0.25, 0.3) is 0 Å². The second-order valence-electron chi connectivity index (χ2n) is 7.38. The van der Waals surface area contributed by atoms with Crippen molar-refractivity contribution >= 4 is 26.8 Å². The van der Waals surface area contributed by atoms with Gasteiger partial charge in [-0.15, -0.1) is 0 Å². The molecule has 0 rings (SSSR count). The minimum Gasteiger partial charge on any atom is -0.481 e. The first-order valence-corrected chi connectivity index (χ1v) is 13.2. The van der Waals surface area contributed by atoms with Crippen LogP contribution < -0.4 is 0 Å². The fourth-order valence-electron chi connectivity index (χ4n) is 3.18. The number of aliphatic carboxylic acids is 1. The third-order valence-corrected chi connectivity index (χ3v) is 5.61. The first kappa shape index (κ1) is 29.2. The van der Waals surface area contributed by atoms with Gasteiger partial charge in [0.2, 0.25) is 0 Å². The lowest BCUT2D eigenvalue weighted by molar-refractivity contribution is -0.137. The summed E-state index contributed by atoms with van der Waals surface area (Å²) >= 11 is 0. The summed E-state index contributed by atoms with van der Waals surface area (Å²) in [6, 6.07) is 0. The van der Waals surface area contributed by atoms with Crippen LogP contribution in [0.15, 0.2) is 0 Å². The van der Waals surface area contributed by atoms with Gasteiger partial charge in [0.05, 0.1) is 0 Å². The Bertz CT molecular complexity index is 660. The van der Waals surface area contributed by atoms with Gasteiger partial charge in [-0.1, -0.05) is 71.1 Å². The molecule has 0 aromatic rings. The van der Waals surface area contributed by atoms with Crippen molar-refractivity contribution in [2.24, 2.45) is 0 Å². The highest BCUT2D eigenvalue weighted by atomic mass is 32.3. The Balaban J connectivity index is 4.62. The van der Waals surface area contributed by atoms with E-state index in [4.69, 9.17) is 14.2 Å². The molecule has 180 valence electrons. The number of unbranched alkanes of at least 4 members (excludes halogenated alkanes) is 9. The maximum Gasteiger partial charge on any atom is 0.397 e. The van der Waals surface area contributed by atoms with E-state index in [-0.39, 0.29) is 19.3 Å². The number of carboxylic acids is 1. The fraction of sp³-hybridized carbons (Fsp3) is 0.944. The molecule has 0 bridgehead atoms. The van der Waals surface area contributed by atoms with Crippen LogP contribution in [0.5, 0.6) is 0 Å². The van der Waals surface area contributed by atoms with Crippen molar-refractivity contribution in [1.29, 1.82) is 0 Å². The van der Waals surface area contributed by atoms with Crippen LogP contribution in [0.3, 0.4) is 0 Å². The SMILES string of the molecule is CCCCCCC(OS(=O)(=O)O)C(CCCCCCCCCC(=O)O)OS(=O)(=O)O. The van der Waals surface area contributed by atoms with Gasteiger partial charge < -0.3 is 5.11 Å². The number of hydrogen-bond donors (Lipinski definition) is 3. The molecule has 0 heterocycles. The number of rotatable bonds is 20. The maximum absolute atomic E-state index is 11.2. The highest BCUT2D eigenvalue weighted by Gasteiger charge is 2.30. The molecule has 0 saturated heterocycles. The summed E-state index contributed by atoms with van der Waals surface area (Å²) in [5.74, 6) is -0.809. The number of hydrogen-bond acceptors (Lipinski definition) is 7. The van der Waals surface area contributed by atoms with Gasteiger partial charge in [-0.3, -0.25) is 13.9 Å². The number of carboxylic acid groups (broad SMARTS) is 1. The van der Waals surface area contributed by atoms with E-state index in [0.29, 0.717) is 19.3 Å². The van der Waals surface area contributed by atoms with Gasteiger partial charge in [0, 0.05) is 6.42 Å². The van der Waals surface area contributed by atoms with E-state index < -0.39 is 39.0 Å². The van der Waals surface area contributed by atoms with E-state index in [9.17, 15) is 21.6 Å². The Morgan fingerprint density at radius 2 is 1.07 bits per heavy atom. The van der Waals surface area contributed by atoms with Crippen LogP contribution in [0.25, 0.3) is 0 Å². The zero-order valence-electron chi connectivity index (χ0n) is 17.6. The Morgan fingerprint density at radius 3 is 1.43 bits per heavy atom. The van der Waals surface area contributed by atoms with E-state index in [1.165, 1.54) is 0 Å². The smallest absolute Gasteiger partial charge is 0.397 e. The monoisotopic (exact) mass is 476 g/mol. The molecule has 0 saturated carbocycles. The van der Waals surface area contributed by atoms with Crippen LogP contribution in [-0.2, 0) is 34.0 Å². The van der Waals surface area contributed by atoms with Gasteiger partial charge in [0.1, 0.15) is 12.2 Å². The molecule has 0 aliphatic carbocycles. The summed E-state index contributed by atoms with van der Waals surface area (Å²) in [5.41, 5.74) is 0. The van der Waals surface area contributed by atoms with Crippen LogP contribution in [0.1, 0.15) is 96.8 Å². The van der Waals surface area contributed by atoms with Crippen LogP contribution in [0.4, 0.5) is 0 Å². The largest absolute Gasteiger partial charge is 0.481 e. The van der Waals surface area contributed by atoms with Gasteiger partial charge >= 0.3 is 26.8 Å². The van der Waals surface area contributed by atoms with Crippen LogP contribution in [-0.4, -0.2) is 49.2 Å². The fourth-order valence-corrected chi connectivity index (χ4v) is 4.25. The molecule has 12 heteroatoms. The molecule has 0 spiro atoms. The van der Waals surface area contributed by atoms with E-state index in [1.807, 2.05) is 6.92 Å². The predicted molar refractivity (Wildman–Crippen MR) is 111 cm³/mol. The molecule has 0 radical (unpaired) electrons. The topological polar surface area (TPSA) is 164 Å². The summed E-state index contributed by atoms with van der Waals surface area (Å²) < 4.78 is 72.1. The molecular weight excluding hydrogens is 440 g/mol. The summed E-state index contributed by atoms with van der Waals surface area (Å²) in [4.78, 5) is 10.4. The quantitative estimate of drug-likeness (QED) is 0.173. The van der Waals surface area contributed by atoms with Crippen molar-refractivity contribution in [2.75, 3.05) is 0 Å². The summed E-state index contributed by atoms with van der Waals surface area (Å²) in [7, 11) is -9.65. The molecule has 3 N–H and O–H groups in total. The van der Waals surface area contributed by atoms with Gasteiger partial charge in [-0.2, -0.15) is 16.8 Å². The Labute approximate surface area is 180 Å². The average Bonchev–Trinajstić information content (AvgIpc) is 2.59. The zero-order valence-corrected chi connectivity index (χ0v) is 19.2. The first-order valence-electron chi connectivity index (χ1n) is 10.5. The molecular formula is C18H36O10S2. The lowest BCUT2D eigenvalue weighted by Crippen LogP contribution is -2.35. The maximum atomic E-state index is 11.2. The lowest BCUT2D eigenvalue weighted by atomic mass is 10.00. The average molecular weight is 477 g/mol. The minimum absolute atomic E-state index is 0.132. The van der Waals surface area contributed by atoms with Crippen LogP contribution in [0, 0.1) is 0 Å². The molecule has 0 aromatic heterocycles. The second-order valence-corrected chi connectivity index (χ2v) is 9.48. The Kier molecular flexibility index (Phi) is 15.5. The minimum atomic E-state index is -4.83. The summed E-state index contributed by atoms with van der Waals surface area (Å²) in [6.07, 6.45) is 6.48. The molecule has 0 fully saturated rings. The first-order chi connectivity index (χ1) is 13.9. The molecule has 0 aliphatic heterocycles. The Hall–Kier alpha value is -0.790. The highest BCUT2D eigenvalue weighted by Crippen LogP contribution is 2.22.